The molecule has 222 valence electrons. The Morgan fingerprint density at radius 2 is 1.62 bits per heavy atom. The Labute approximate surface area is 241 Å². The predicted octanol–water partition coefficient (Wildman–Crippen LogP) is 1.23. The number of carbonyl (C=O) groups excluding carboxylic acids is 3. The van der Waals surface area contributed by atoms with E-state index in [1.165, 1.54) is 0 Å². The summed E-state index contributed by atoms with van der Waals surface area (Å²) in [4.78, 5) is 79.0. The van der Waals surface area contributed by atoms with Crippen molar-refractivity contribution in [1.29, 1.82) is 0 Å². The van der Waals surface area contributed by atoms with Gasteiger partial charge in [-0.1, -0.05) is 42.5 Å². The van der Waals surface area contributed by atoms with Gasteiger partial charge in [-0.2, -0.15) is 0 Å². The number of benzene rings is 2. The normalized spacial score (nSPS) is 18.1. The number of aromatic amines is 1. The Balaban J connectivity index is 1.57. The molecule has 12 heteroatoms. The fourth-order valence-corrected chi connectivity index (χ4v) is 5.40. The van der Waals surface area contributed by atoms with E-state index in [0.717, 1.165) is 4.57 Å². The van der Waals surface area contributed by atoms with Crippen LogP contribution < -0.4 is 27.6 Å². The molecule has 2 unspecified atom stereocenters. The van der Waals surface area contributed by atoms with Crippen molar-refractivity contribution >= 4 is 34.6 Å². The second kappa shape index (κ2) is 13.7. The monoisotopic (exact) mass is 577 g/mol. The summed E-state index contributed by atoms with van der Waals surface area (Å²) in [5.74, 6) is -3.06. The molecule has 1 heterocycles. The average Bonchev–Trinajstić information content (AvgIpc) is 2.98. The van der Waals surface area contributed by atoms with Crippen molar-refractivity contribution in [3.8, 4) is 0 Å². The van der Waals surface area contributed by atoms with E-state index < -0.39 is 47.0 Å². The van der Waals surface area contributed by atoms with Crippen molar-refractivity contribution < 1.29 is 24.3 Å². The number of carboxylic acid groups (broad SMARTS) is 1. The first-order chi connectivity index (χ1) is 20.1. The fraction of sp³-hybridized carbons (Fsp3) is 0.400. The third-order valence-electron chi connectivity index (χ3n) is 7.80. The molecule has 1 fully saturated rings. The van der Waals surface area contributed by atoms with Crippen LogP contribution in [0.1, 0.15) is 50.1 Å². The lowest BCUT2D eigenvalue weighted by Gasteiger charge is -2.27. The summed E-state index contributed by atoms with van der Waals surface area (Å²) in [5, 5.41) is 14.9. The summed E-state index contributed by atoms with van der Waals surface area (Å²) < 4.78 is 0.856. The zero-order valence-corrected chi connectivity index (χ0v) is 23.1. The maximum Gasteiger partial charge on any atom is 0.329 e. The van der Waals surface area contributed by atoms with Gasteiger partial charge in [-0.15, -0.1) is 0 Å². The van der Waals surface area contributed by atoms with Gasteiger partial charge < -0.3 is 26.5 Å². The number of aromatic nitrogens is 2. The minimum atomic E-state index is -1.30. The number of nitrogens with one attached hydrogen (secondary N) is 3. The molecule has 0 spiro atoms. The summed E-state index contributed by atoms with van der Waals surface area (Å²) in [6, 6.07) is 12.9. The van der Waals surface area contributed by atoms with Gasteiger partial charge in [-0.3, -0.25) is 24.0 Å². The molecule has 0 aliphatic heterocycles. The first kappa shape index (κ1) is 30.2. The van der Waals surface area contributed by atoms with Crippen molar-refractivity contribution in [2.75, 3.05) is 6.54 Å². The molecule has 1 aliphatic rings. The number of hydrogen-bond donors (Lipinski definition) is 5. The van der Waals surface area contributed by atoms with Gasteiger partial charge in [0.15, 0.2) is 0 Å². The lowest BCUT2D eigenvalue weighted by atomic mass is 9.82. The van der Waals surface area contributed by atoms with E-state index in [1.807, 2.05) is 0 Å². The maximum atomic E-state index is 13.8. The lowest BCUT2D eigenvalue weighted by Crippen LogP contribution is -2.52. The van der Waals surface area contributed by atoms with Crippen molar-refractivity contribution in [1.82, 2.24) is 20.2 Å². The first-order valence-electron chi connectivity index (χ1n) is 14.0. The largest absolute Gasteiger partial charge is 0.481 e. The number of primary amides is 1. The fourth-order valence-electron chi connectivity index (χ4n) is 5.40. The van der Waals surface area contributed by atoms with E-state index in [1.54, 1.807) is 54.6 Å². The van der Waals surface area contributed by atoms with Gasteiger partial charge in [0.05, 0.1) is 16.8 Å². The standard InChI is InChI=1S/C30H35N5O7/c31-25(36)15-14-23(26(37)32-17-19-10-12-20(13-11-19)29(40)41)33-27(38)24(16-18-6-2-1-3-7-18)35-28(39)21-8-4-5-9-22(21)34-30(35)42/h1-9,19-20,23-24H,10-17H2,(H2,31,36)(H,32,37)(H,33,38)(H,34,42)(H,40,41). The number of fused-ring (bicyclic) bond motifs is 1. The van der Waals surface area contributed by atoms with Crippen LogP contribution >= 0.6 is 0 Å². The third kappa shape index (κ3) is 7.50. The van der Waals surface area contributed by atoms with Crippen LogP contribution in [0.4, 0.5) is 0 Å². The van der Waals surface area contributed by atoms with E-state index in [4.69, 9.17) is 5.73 Å². The van der Waals surface area contributed by atoms with Crippen LogP contribution in [-0.2, 0) is 25.6 Å². The van der Waals surface area contributed by atoms with Gasteiger partial charge in [0.25, 0.3) is 5.56 Å². The minimum Gasteiger partial charge on any atom is -0.481 e. The second-order valence-electron chi connectivity index (χ2n) is 10.7. The highest BCUT2D eigenvalue weighted by molar-refractivity contribution is 5.90. The van der Waals surface area contributed by atoms with Gasteiger partial charge in [0.1, 0.15) is 12.1 Å². The zero-order valence-electron chi connectivity index (χ0n) is 23.1. The number of aliphatic carboxylic acids is 1. The number of hydrogen-bond acceptors (Lipinski definition) is 6. The van der Waals surface area contributed by atoms with Crippen molar-refractivity contribution in [2.24, 2.45) is 17.6 Å². The van der Waals surface area contributed by atoms with Crippen LogP contribution in [0.2, 0.25) is 0 Å². The molecule has 42 heavy (non-hydrogen) atoms. The number of H-pyrrole nitrogens is 1. The Hall–Kier alpha value is -4.74. The summed E-state index contributed by atoms with van der Waals surface area (Å²) in [7, 11) is 0. The molecule has 6 N–H and O–H groups in total. The van der Waals surface area contributed by atoms with E-state index in [2.05, 4.69) is 15.6 Å². The Bertz CT molecular complexity index is 1560. The molecule has 0 radical (unpaired) electrons. The molecule has 1 aliphatic carbocycles. The molecule has 0 saturated heterocycles. The van der Waals surface area contributed by atoms with Gasteiger partial charge in [-0.05, 0) is 55.7 Å². The Kier molecular flexibility index (Phi) is 9.89. The van der Waals surface area contributed by atoms with E-state index >= 15 is 0 Å². The maximum absolute atomic E-state index is 13.8. The molecule has 3 aromatic rings. The van der Waals surface area contributed by atoms with Gasteiger partial charge in [0.2, 0.25) is 17.7 Å². The smallest absolute Gasteiger partial charge is 0.329 e. The summed E-state index contributed by atoms with van der Waals surface area (Å²) in [6.07, 6.45) is 2.05. The molecule has 12 nitrogen and oxygen atoms in total. The molecule has 3 amide bonds. The highest BCUT2D eigenvalue weighted by Crippen LogP contribution is 2.28. The molecule has 0 bridgehead atoms. The number of nitrogens with zero attached hydrogens (tertiary/aromatic N) is 1. The number of nitrogens with two attached hydrogens (primary N) is 1. The highest BCUT2D eigenvalue weighted by atomic mass is 16.4. The molecule has 1 aromatic heterocycles. The zero-order chi connectivity index (χ0) is 30.2. The second-order valence-corrected chi connectivity index (χ2v) is 10.7. The van der Waals surface area contributed by atoms with Crippen molar-refractivity contribution in [3.05, 3.63) is 81.0 Å². The Morgan fingerprint density at radius 3 is 2.29 bits per heavy atom. The van der Waals surface area contributed by atoms with Crippen LogP contribution in [0.5, 0.6) is 0 Å². The quantitative estimate of drug-likeness (QED) is 0.214. The topological polar surface area (TPSA) is 193 Å². The SMILES string of the molecule is NC(=O)CCC(NC(=O)C(Cc1ccccc1)n1c(=O)[nH]c2ccccc2c1=O)C(=O)NCC1CCC(C(=O)O)CC1. The highest BCUT2D eigenvalue weighted by Gasteiger charge is 2.31. The summed E-state index contributed by atoms with van der Waals surface area (Å²) in [6.45, 7) is 0.283. The molecule has 1 saturated carbocycles. The number of carboxylic acids is 1. The third-order valence-corrected chi connectivity index (χ3v) is 7.80. The summed E-state index contributed by atoms with van der Waals surface area (Å²) >= 11 is 0. The average molecular weight is 578 g/mol. The van der Waals surface area contributed by atoms with Crippen molar-refractivity contribution in [3.63, 3.8) is 0 Å². The molecule has 4 rings (SSSR count). The van der Waals surface area contributed by atoms with Crippen LogP contribution in [0.25, 0.3) is 10.9 Å². The molecular weight excluding hydrogens is 542 g/mol. The Morgan fingerprint density at radius 1 is 0.952 bits per heavy atom. The van der Waals surface area contributed by atoms with Crippen LogP contribution in [0.3, 0.4) is 0 Å². The molecule has 2 atom stereocenters. The lowest BCUT2D eigenvalue weighted by molar-refractivity contribution is -0.143. The first-order valence-corrected chi connectivity index (χ1v) is 14.0. The van der Waals surface area contributed by atoms with Crippen LogP contribution in [0.15, 0.2) is 64.2 Å². The minimum absolute atomic E-state index is 0.00895. The summed E-state index contributed by atoms with van der Waals surface area (Å²) in [5.41, 5.74) is 4.92. The van der Waals surface area contributed by atoms with Gasteiger partial charge >= 0.3 is 11.7 Å². The number of para-hydroxylation sites is 1. The molecular formula is C30H35N5O7. The van der Waals surface area contributed by atoms with Crippen LogP contribution in [0, 0.1) is 11.8 Å². The number of carbonyl (C=O) groups is 4. The van der Waals surface area contributed by atoms with E-state index in [0.29, 0.717) is 36.8 Å². The predicted molar refractivity (Wildman–Crippen MR) is 154 cm³/mol. The molecule has 2 aromatic carbocycles. The van der Waals surface area contributed by atoms with Gasteiger partial charge in [-0.25, -0.2) is 9.36 Å². The van der Waals surface area contributed by atoms with E-state index in [-0.39, 0.29) is 43.0 Å². The number of amides is 3. The van der Waals surface area contributed by atoms with Crippen molar-refractivity contribution in [2.45, 2.75) is 57.0 Å². The number of rotatable bonds is 12. The van der Waals surface area contributed by atoms with Crippen LogP contribution in [-0.4, -0.2) is 50.9 Å². The van der Waals surface area contributed by atoms with Gasteiger partial charge in [0, 0.05) is 19.4 Å². The van der Waals surface area contributed by atoms with E-state index in [9.17, 15) is 33.9 Å².